The molecule has 2 N–H and O–H groups in total. The van der Waals surface area contributed by atoms with Gasteiger partial charge in [0.2, 0.25) is 11.8 Å². The minimum Gasteiger partial charge on any atom is -0.341 e. The summed E-state index contributed by atoms with van der Waals surface area (Å²) in [6.45, 7) is 6.03. The summed E-state index contributed by atoms with van der Waals surface area (Å²) in [5, 5.41) is 13.6. The monoisotopic (exact) mass is 419 g/mol. The Hall–Kier alpha value is -2.08. The van der Waals surface area contributed by atoms with Gasteiger partial charge in [-0.3, -0.25) is 9.59 Å². The second-order valence-electron chi connectivity index (χ2n) is 6.38. The fraction of sp³-hybridized carbons (Fsp3) is 0.438. The van der Waals surface area contributed by atoms with Gasteiger partial charge in [-0.2, -0.15) is 18.4 Å². The highest BCUT2D eigenvalue weighted by atomic mass is 79.9. The predicted octanol–water partition coefficient (Wildman–Crippen LogP) is 3.58. The fourth-order valence-electron chi connectivity index (χ4n) is 1.73. The second-order valence-corrected chi connectivity index (χ2v) is 8.36. The Labute approximate surface area is 151 Å². The molecule has 0 aliphatic carbocycles. The van der Waals surface area contributed by atoms with E-state index in [4.69, 9.17) is 5.26 Å². The molecule has 0 aliphatic heterocycles. The van der Waals surface area contributed by atoms with Gasteiger partial charge < -0.3 is 10.6 Å². The molecule has 1 aromatic rings. The number of alkyl halides is 4. The van der Waals surface area contributed by atoms with Crippen LogP contribution in [0.3, 0.4) is 0 Å². The second kappa shape index (κ2) is 7.04. The van der Waals surface area contributed by atoms with E-state index in [9.17, 15) is 22.8 Å². The number of nitrogens with one attached hydrogen (secondary N) is 2. The average molecular weight is 420 g/mol. The van der Waals surface area contributed by atoms with Crippen LogP contribution in [0.5, 0.6) is 0 Å². The largest absolute Gasteiger partial charge is 0.417 e. The molecule has 0 aromatic heterocycles. The first kappa shape index (κ1) is 21.0. The lowest BCUT2D eigenvalue weighted by Gasteiger charge is -2.28. The summed E-state index contributed by atoms with van der Waals surface area (Å²) in [7, 11) is 0. The molecule has 0 saturated carbocycles. The quantitative estimate of drug-likeness (QED) is 0.731. The molecule has 2 amide bonds. The van der Waals surface area contributed by atoms with E-state index in [0.29, 0.717) is 6.07 Å². The van der Waals surface area contributed by atoms with Crippen molar-refractivity contribution in [3.63, 3.8) is 0 Å². The standard InChI is InChI=1S/C16H17BrF3N3O2/c1-14(2,17)12(24)23-15(3,4)13(25)22-10-6-5-9(8-21)11(7-10)16(18,19)20/h5-7H,1-4H3,(H,22,25)(H,23,24). The van der Waals surface area contributed by atoms with Gasteiger partial charge in [0.15, 0.2) is 0 Å². The highest BCUT2D eigenvalue weighted by Crippen LogP contribution is 2.33. The molecular weight excluding hydrogens is 403 g/mol. The summed E-state index contributed by atoms with van der Waals surface area (Å²) < 4.78 is 38.0. The first-order valence-electron chi connectivity index (χ1n) is 7.13. The van der Waals surface area contributed by atoms with Crippen molar-refractivity contribution in [2.45, 2.75) is 43.7 Å². The van der Waals surface area contributed by atoms with E-state index < -0.39 is 39.0 Å². The zero-order chi connectivity index (χ0) is 19.6. The molecule has 0 fully saturated rings. The minimum atomic E-state index is -4.73. The van der Waals surface area contributed by atoms with Crippen LogP contribution < -0.4 is 10.6 Å². The number of hydrogen-bond donors (Lipinski definition) is 2. The SMILES string of the molecule is CC(C)(Br)C(=O)NC(C)(C)C(=O)Nc1ccc(C#N)c(C(F)(F)F)c1. The van der Waals surface area contributed by atoms with E-state index in [1.54, 1.807) is 13.8 Å². The Morgan fingerprint density at radius 3 is 2.12 bits per heavy atom. The highest BCUT2D eigenvalue weighted by Gasteiger charge is 2.36. The molecular formula is C16H17BrF3N3O2. The normalized spacial score (nSPS) is 12.3. The van der Waals surface area contributed by atoms with Crippen LogP contribution in [0, 0.1) is 11.3 Å². The van der Waals surface area contributed by atoms with Crippen LogP contribution in [-0.2, 0) is 15.8 Å². The van der Waals surface area contributed by atoms with Gasteiger partial charge in [-0.25, -0.2) is 0 Å². The predicted molar refractivity (Wildman–Crippen MR) is 90.0 cm³/mol. The maximum atomic E-state index is 13.0. The summed E-state index contributed by atoms with van der Waals surface area (Å²) in [5.41, 5.74) is -3.18. The Bertz CT molecular complexity index is 732. The number of rotatable bonds is 4. The van der Waals surface area contributed by atoms with E-state index in [1.807, 2.05) is 0 Å². The molecule has 1 aromatic carbocycles. The molecule has 9 heteroatoms. The Morgan fingerprint density at radius 2 is 1.68 bits per heavy atom. The maximum Gasteiger partial charge on any atom is 0.417 e. The van der Waals surface area contributed by atoms with Crippen molar-refractivity contribution >= 4 is 33.4 Å². The van der Waals surface area contributed by atoms with Crippen LogP contribution in [0.15, 0.2) is 18.2 Å². The number of halogens is 4. The van der Waals surface area contributed by atoms with Gasteiger partial charge >= 0.3 is 6.18 Å². The molecule has 0 bridgehead atoms. The summed E-state index contributed by atoms with van der Waals surface area (Å²) in [6.07, 6.45) is -4.73. The molecule has 0 atom stereocenters. The van der Waals surface area contributed by atoms with Crippen molar-refractivity contribution in [1.29, 1.82) is 5.26 Å². The van der Waals surface area contributed by atoms with Crippen molar-refractivity contribution in [2.75, 3.05) is 5.32 Å². The first-order valence-corrected chi connectivity index (χ1v) is 7.92. The van der Waals surface area contributed by atoms with E-state index in [2.05, 4.69) is 26.6 Å². The number of benzene rings is 1. The average Bonchev–Trinajstić information content (AvgIpc) is 2.44. The topological polar surface area (TPSA) is 82.0 Å². The highest BCUT2D eigenvalue weighted by molar-refractivity contribution is 9.10. The Morgan fingerprint density at radius 1 is 1.12 bits per heavy atom. The summed E-state index contributed by atoms with van der Waals surface area (Å²) in [5.74, 6) is -1.15. The summed E-state index contributed by atoms with van der Waals surface area (Å²) in [4.78, 5) is 24.3. The van der Waals surface area contributed by atoms with Gasteiger partial charge in [-0.05, 0) is 45.9 Å². The third kappa shape index (κ3) is 5.46. The van der Waals surface area contributed by atoms with Crippen molar-refractivity contribution in [1.82, 2.24) is 5.32 Å². The number of anilines is 1. The Balaban J connectivity index is 3.04. The van der Waals surface area contributed by atoms with Crippen molar-refractivity contribution in [3.8, 4) is 6.07 Å². The smallest absolute Gasteiger partial charge is 0.341 e. The number of nitrogens with zero attached hydrogens (tertiary/aromatic N) is 1. The van der Waals surface area contributed by atoms with Gasteiger partial charge in [0, 0.05) is 5.69 Å². The number of amides is 2. The lowest BCUT2D eigenvalue weighted by molar-refractivity contribution is -0.137. The van der Waals surface area contributed by atoms with Crippen molar-refractivity contribution in [2.24, 2.45) is 0 Å². The molecule has 5 nitrogen and oxygen atoms in total. The minimum absolute atomic E-state index is 0.128. The molecule has 0 aliphatic rings. The summed E-state index contributed by atoms with van der Waals surface area (Å²) >= 11 is 3.16. The van der Waals surface area contributed by atoms with Crippen molar-refractivity contribution in [3.05, 3.63) is 29.3 Å². The molecule has 0 spiro atoms. The van der Waals surface area contributed by atoms with Gasteiger partial charge in [-0.1, -0.05) is 15.9 Å². The van der Waals surface area contributed by atoms with E-state index in [-0.39, 0.29) is 5.69 Å². The van der Waals surface area contributed by atoms with Gasteiger partial charge in [0.05, 0.1) is 21.5 Å². The van der Waals surface area contributed by atoms with Crippen LogP contribution in [0.2, 0.25) is 0 Å². The van der Waals surface area contributed by atoms with Gasteiger partial charge in [-0.15, -0.1) is 0 Å². The van der Waals surface area contributed by atoms with Crippen LogP contribution in [0.25, 0.3) is 0 Å². The zero-order valence-electron chi connectivity index (χ0n) is 14.0. The molecule has 0 heterocycles. The van der Waals surface area contributed by atoms with Crippen LogP contribution in [0.4, 0.5) is 18.9 Å². The third-order valence-corrected chi connectivity index (χ3v) is 3.60. The van der Waals surface area contributed by atoms with E-state index >= 15 is 0 Å². The number of carbonyl (C=O) groups excluding carboxylic acids is 2. The third-order valence-electron chi connectivity index (χ3n) is 3.24. The molecule has 0 saturated heterocycles. The maximum absolute atomic E-state index is 13.0. The molecule has 136 valence electrons. The molecule has 0 radical (unpaired) electrons. The number of carbonyl (C=O) groups is 2. The van der Waals surface area contributed by atoms with Crippen LogP contribution >= 0.6 is 15.9 Å². The number of nitriles is 1. The van der Waals surface area contributed by atoms with Crippen molar-refractivity contribution < 1.29 is 22.8 Å². The number of hydrogen-bond acceptors (Lipinski definition) is 3. The molecule has 1 rings (SSSR count). The van der Waals surface area contributed by atoms with E-state index in [0.717, 1.165) is 6.07 Å². The molecule has 0 unspecified atom stereocenters. The fourth-order valence-corrected chi connectivity index (χ4v) is 1.83. The lowest BCUT2D eigenvalue weighted by Crippen LogP contribution is -2.55. The van der Waals surface area contributed by atoms with Gasteiger partial charge in [0.1, 0.15) is 5.54 Å². The van der Waals surface area contributed by atoms with Crippen LogP contribution in [-0.4, -0.2) is 21.7 Å². The van der Waals surface area contributed by atoms with Gasteiger partial charge in [0.25, 0.3) is 0 Å². The Kier molecular flexibility index (Phi) is 5.90. The summed E-state index contributed by atoms with van der Waals surface area (Å²) in [6, 6.07) is 4.31. The molecule has 25 heavy (non-hydrogen) atoms. The lowest BCUT2D eigenvalue weighted by atomic mass is 10.0. The van der Waals surface area contributed by atoms with Crippen LogP contribution in [0.1, 0.15) is 38.8 Å². The zero-order valence-corrected chi connectivity index (χ0v) is 15.6. The first-order chi connectivity index (χ1) is 11.2. The van der Waals surface area contributed by atoms with E-state index in [1.165, 1.54) is 26.0 Å².